The van der Waals surface area contributed by atoms with Crippen LogP contribution in [0.1, 0.15) is 40.8 Å². The van der Waals surface area contributed by atoms with E-state index in [1.807, 2.05) is 6.20 Å². The van der Waals surface area contributed by atoms with Crippen molar-refractivity contribution in [3.63, 3.8) is 0 Å². The standard InChI is InChI=1S/C24H19F2N5O2/c1-32-23-14(8-27)2-3-18-21(23)22(20-7-24(18,26)4-5-33-20)30-11-15-12-31(29-19(15)13-30)17-6-16(25)9-28-10-17/h2-3,6,9-10,12H,4-5,7,11,13H2,1H3. The summed E-state index contributed by atoms with van der Waals surface area (Å²) in [7, 11) is 1.49. The van der Waals surface area contributed by atoms with Gasteiger partial charge >= 0.3 is 0 Å². The van der Waals surface area contributed by atoms with Crippen LogP contribution in [0.15, 0.2) is 42.5 Å². The van der Waals surface area contributed by atoms with E-state index in [0.717, 1.165) is 23.2 Å². The zero-order valence-corrected chi connectivity index (χ0v) is 17.8. The first kappa shape index (κ1) is 19.7. The van der Waals surface area contributed by atoms with E-state index in [2.05, 4.69) is 21.1 Å². The van der Waals surface area contributed by atoms with Crippen molar-refractivity contribution in [3.8, 4) is 17.5 Å². The summed E-state index contributed by atoms with van der Waals surface area (Å²) in [5, 5.41) is 14.2. The average molecular weight is 447 g/mol. The summed E-state index contributed by atoms with van der Waals surface area (Å²) >= 11 is 0. The van der Waals surface area contributed by atoms with Gasteiger partial charge in [-0.15, -0.1) is 0 Å². The van der Waals surface area contributed by atoms with Crippen molar-refractivity contribution in [3.05, 3.63) is 76.3 Å². The van der Waals surface area contributed by atoms with Crippen molar-refractivity contribution >= 4 is 5.70 Å². The van der Waals surface area contributed by atoms with Crippen molar-refractivity contribution in [1.82, 2.24) is 19.7 Å². The average Bonchev–Trinajstić information content (AvgIpc) is 3.38. The van der Waals surface area contributed by atoms with Crippen LogP contribution in [-0.4, -0.2) is 33.4 Å². The zero-order chi connectivity index (χ0) is 22.7. The number of nitrogens with zero attached hydrogens (tertiary/aromatic N) is 5. The van der Waals surface area contributed by atoms with Crippen LogP contribution in [0.25, 0.3) is 11.4 Å². The fourth-order valence-corrected chi connectivity index (χ4v) is 5.05. The summed E-state index contributed by atoms with van der Waals surface area (Å²) < 4.78 is 42.7. The molecule has 0 saturated carbocycles. The largest absolute Gasteiger partial charge is 0.495 e. The maximum atomic E-state index is 16.0. The van der Waals surface area contributed by atoms with Crippen molar-refractivity contribution in [2.45, 2.75) is 31.6 Å². The number of pyridine rings is 1. The molecule has 1 atom stereocenters. The lowest BCUT2D eigenvalue weighted by molar-refractivity contribution is 0.0269. The highest BCUT2D eigenvalue weighted by atomic mass is 19.1. The summed E-state index contributed by atoms with van der Waals surface area (Å²) in [6, 6.07) is 6.84. The van der Waals surface area contributed by atoms with Gasteiger partial charge in [-0.25, -0.2) is 13.5 Å². The van der Waals surface area contributed by atoms with E-state index >= 15 is 4.39 Å². The number of fused-ring (bicyclic) bond motifs is 5. The number of allylic oxidation sites excluding steroid dienone is 1. The van der Waals surface area contributed by atoms with Gasteiger partial charge in [0.15, 0.2) is 0 Å². The van der Waals surface area contributed by atoms with Gasteiger partial charge in [-0.2, -0.15) is 10.4 Å². The predicted molar refractivity (Wildman–Crippen MR) is 113 cm³/mol. The molecule has 166 valence electrons. The van der Waals surface area contributed by atoms with Crippen LogP contribution in [0.2, 0.25) is 0 Å². The minimum Gasteiger partial charge on any atom is -0.495 e. The number of halogens is 2. The van der Waals surface area contributed by atoms with Crippen LogP contribution in [0.5, 0.6) is 5.75 Å². The van der Waals surface area contributed by atoms with E-state index < -0.39 is 11.5 Å². The number of hydrogen-bond acceptors (Lipinski definition) is 6. The molecule has 9 heteroatoms. The number of nitriles is 1. The Labute approximate surface area is 188 Å². The topological polar surface area (TPSA) is 76.2 Å². The first-order valence-corrected chi connectivity index (χ1v) is 10.6. The lowest BCUT2D eigenvalue weighted by Crippen LogP contribution is -2.36. The van der Waals surface area contributed by atoms with Gasteiger partial charge in [-0.3, -0.25) is 4.98 Å². The number of methoxy groups -OCH3 is 1. The van der Waals surface area contributed by atoms with E-state index in [0.29, 0.717) is 47.0 Å². The minimum atomic E-state index is -1.55. The quantitative estimate of drug-likeness (QED) is 0.605. The van der Waals surface area contributed by atoms with E-state index in [1.165, 1.54) is 13.2 Å². The molecule has 0 N–H and O–H groups in total. The van der Waals surface area contributed by atoms with Crippen molar-refractivity contribution in [2.75, 3.05) is 13.7 Å². The van der Waals surface area contributed by atoms with Gasteiger partial charge in [0.2, 0.25) is 0 Å². The van der Waals surface area contributed by atoms with E-state index in [4.69, 9.17) is 9.47 Å². The van der Waals surface area contributed by atoms with Gasteiger partial charge in [0.05, 0.1) is 60.9 Å². The van der Waals surface area contributed by atoms with Crippen molar-refractivity contribution in [1.29, 1.82) is 5.26 Å². The lowest BCUT2D eigenvalue weighted by Gasteiger charge is -2.41. The van der Waals surface area contributed by atoms with E-state index in [9.17, 15) is 9.65 Å². The molecule has 6 rings (SSSR count). The number of hydrogen-bond donors (Lipinski definition) is 0. The maximum absolute atomic E-state index is 16.0. The number of alkyl halides is 1. The van der Waals surface area contributed by atoms with E-state index in [-0.39, 0.29) is 19.4 Å². The third kappa shape index (κ3) is 2.90. The van der Waals surface area contributed by atoms with Crippen LogP contribution in [0.3, 0.4) is 0 Å². The number of benzene rings is 1. The van der Waals surface area contributed by atoms with Gasteiger partial charge in [0.1, 0.15) is 29.1 Å². The molecule has 1 aromatic carbocycles. The number of aromatic nitrogens is 3. The summed E-state index contributed by atoms with van der Waals surface area (Å²) in [6.07, 6.45) is 4.95. The van der Waals surface area contributed by atoms with Gasteiger partial charge in [-0.05, 0) is 6.07 Å². The molecule has 0 spiro atoms. The molecule has 7 nitrogen and oxygen atoms in total. The molecule has 2 bridgehead atoms. The molecular formula is C24H19F2N5O2. The molecule has 33 heavy (non-hydrogen) atoms. The Morgan fingerprint density at radius 1 is 1.27 bits per heavy atom. The Morgan fingerprint density at radius 3 is 2.91 bits per heavy atom. The second kappa shape index (κ2) is 7.04. The highest BCUT2D eigenvalue weighted by Gasteiger charge is 2.47. The van der Waals surface area contributed by atoms with Gasteiger partial charge in [0.25, 0.3) is 0 Å². The predicted octanol–water partition coefficient (Wildman–Crippen LogP) is 3.96. The normalized spacial score (nSPS) is 20.7. The second-order valence-corrected chi connectivity index (χ2v) is 8.46. The Hall–Kier alpha value is -3.93. The molecule has 1 fully saturated rings. The number of rotatable bonds is 3. The smallest absolute Gasteiger partial charge is 0.147 e. The first-order chi connectivity index (χ1) is 16.0. The van der Waals surface area contributed by atoms with Crippen molar-refractivity contribution in [2.24, 2.45) is 0 Å². The molecule has 1 aliphatic carbocycles. The minimum absolute atomic E-state index is 0.146. The van der Waals surface area contributed by atoms with Gasteiger partial charge < -0.3 is 14.4 Å². The molecule has 3 aromatic rings. The van der Waals surface area contributed by atoms with Crippen LogP contribution in [0.4, 0.5) is 8.78 Å². The summed E-state index contributed by atoms with van der Waals surface area (Å²) in [5.74, 6) is 0.493. The summed E-state index contributed by atoms with van der Waals surface area (Å²) in [4.78, 5) is 5.97. The van der Waals surface area contributed by atoms with Crippen LogP contribution in [0, 0.1) is 17.1 Å². The molecule has 1 saturated heterocycles. The Kier molecular flexibility index (Phi) is 4.21. The van der Waals surface area contributed by atoms with Crippen LogP contribution >= 0.6 is 0 Å². The summed E-state index contributed by atoms with van der Waals surface area (Å²) in [6.45, 7) is 1.26. The molecule has 2 aromatic heterocycles. The van der Waals surface area contributed by atoms with Gasteiger partial charge in [0, 0.05) is 42.8 Å². The van der Waals surface area contributed by atoms with Crippen LogP contribution in [-0.2, 0) is 23.5 Å². The molecule has 2 aliphatic heterocycles. The summed E-state index contributed by atoms with van der Waals surface area (Å²) in [5.41, 5.74) is 2.98. The third-order valence-electron chi connectivity index (χ3n) is 6.53. The fraction of sp³-hybridized carbons (Fsp3) is 0.292. The Balaban J connectivity index is 1.43. The second-order valence-electron chi connectivity index (χ2n) is 8.46. The van der Waals surface area contributed by atoms with Crippen molar-refractivity contribution < 1.29 is 18.3 Å². The molecule has 3 aliphatic rings. The van der Waals surface area contributed by atoms with E-state index in [1.54, 1.807) is 23.0 Å². The Bertz CT molecular complexity index is 1350. The van der Waals surface area contributed by atoms with Gasteiger partial charge in [-0.1, -0.05) is 6.07 Å². The highest BCUT2D eigenvalue weighted by molar-refractivity contribution is 5.79. The SMILES string of the molecule is COc1c(C#N)ccc2c1C(N1Cc3cn(-c4cncc(F)c4)nc3C1)=C1CC2(F)CCO1. The molecule has 4 heterocycles. The monoisotopic (exact) mass is 447 g/mol. The third-order valence-corrected chi connectivity index (χ3v) is 6.53. The first-order valence-electron chi connectivity index (χ1n) is 10.6. The number of ether oxygens (including phenoxy) is 2. The van der Waals surface area contributed by atoms with Crippen LogP contribution < -0.4 is 4.74 Å². The molecule has 0 amide bonds. The maximum Gasteiger partial charge on any atom is 0.147 e. The molecular weight excluding hydrogens is 428 g/mol. The Morgan fingerprint density at radius 2 is 2.15 bits per heavy atom. The highest BCUT2D eigenvalue weighted by Crippen LogP contribution is 2.54. The fourth-order valence-electron chi connectivity index (χ4n) is 5.05. The lowest BCUT2D eigenvalue weighted by atomic mass is 9.77. The zero-order valence-electron chi connectivity index (χ0n) is 17.8. The molecule has 0 radical (unpaired) electrons. The molecule has 1 unspecified atom stereocenters.